The van der Waals surface area contributed by atoms with Gasteiger partial charge in [-0.1, -0.05) is 39.0 Å². The molecule has 20 heavy (non-hydrogen) atoms. The predicted molar refractivity (Wildman–Crippen MR) is 82.2 cm³/mol. The molecule has 0 aliphatic rings. The summed E-state index contributed by atoms with van der Waals surface area (Å²) in [4.78, 5) is 4.36. The number of nitrogens with zero attached hydrogens (tertiary/aromatic N) is 1. The normalized spacial score (nSPS) is 11.4. The number of rotatable bonds is 4. The number of pyridine rings is 1. The van der Waals surface area contributed by atoms with Crippen LogP contribution in [0.5, 0.6) is 11.6 Å². The van der Waals surface area contributed by atoms with Crippen molar-refractivity contribution in [1.82, 2.24) is 4.98 Å². The summed E-state index contributed by atoms with van der Waals surface area (Å²) in [6.45, 7) is 7.16. The Labute approximate surface area is 120 Å². The second-order valence-corrected chi connectivity index (χ2v) is 5.92. The average molecular weight is 270 g/mol. The van der Waals surface area contributed by atoms with E-state index in [1.54, 1.807) is 0 Å². The second-order valence-electron chi connectivity index (χ2n) is 5.92. The minimum Gasteiger partial charge on any atom is -0.439 e. The summed E-state index contributed by atoms with van der Waals surface area (Å²) in [7, 11) is 0. The molecular formula is C17H22N2O. The average Bonchev–Trinajstić information content (AvgIpc) is 2.41. The van der Waals surface area contributed by atoms with Crippen LogP contribution in [0.15, 0.2) is 42.6 Å². The lowest BCUT2D eigenvalue weighted by atomic mass is 9.88. The maximum atomic E-state index is 5.74. The molecule has 1 aromatic carbocycles. The van der Waals surface area contributed by atoms with Crippen LogP contribution in [-0.2, 0) is 11.8 Å². The van der Waals surface area contributed by atoms with E-state index in [9.17, 15) is 0 Å². The Kier molecular flexibility index (Phi) is 4.40. The second kappa shape index (κ2) is 6.06. The Morgan fingerprint density at radius 3 is 2.25 bits per heavy atom. The monoisotopic (exact) mass is 270 g/mol. The van der Waals surface area contributed by atoms with E-state index in [1.807, 2.05) is 36.5 Å². The van der Waals surface area contributed by atoms with Crippen LogP contribution in [0.2, 0.25) is 0 Å². The van der Waals surface area contributed by atoms with E-state index < -0.39 is 0 Å². The third kappa shape index (κ3) is 3.81. The van der Waals surface area contributed by atoms with Crippen molar-refractivity contribution in [3.8, 4) is 11.6 Å². The molecule has 106 valence electrons. The molecule has 0 unspecified atom stereocenters. The van der Waals surface area contributed by atoms with Crippen molar-refractivity contribution in [2.75, 3.05) is 6.54 Å². The molecule has 0 saturated carbocycles. The molecule has 0 atom stereocenters. The molecule has 0 amide bonds. The van der Waals surface area contributed by atoms with E-state index in [1.165, 1.54) is 11.1 Å². The van der Waals surface area contributed by atoms with Gasteiger partial charge in [-0.15, -0.1) is 0 Å². The van der Waals surface area contributed by atoms with E-state index >= 15 is 0 Å². The zero-order valence-corrected chi connectivity index (χ0v) is 12.4. The first-order chi connectivity index (χ1) is 9.49. The van der Waals surface area contributed by atoms with E-state index in [2.05, 4.69) is 31.8 Å². The van der Waals surface area contributed by atoms with Gasteiger partial charge in [-0.25, -0.2) is 4.98 Å². The molecule has 0 fully saturated rings. The van der Waals surface area contributed by atoms with Gasteiger partial charge in [0.05, 0.1) is 0 Å². The van der Waals surface area contributed by atoms with Gasteiger partial charge < -0.3 is 10.5 Å². The van der Waals surface area contributed by atoms with Gasteiger partial charge in [0.1, 0.15) is 5.75 Å². The lowest BCUT2D eigenvalue weighted by molar-refractivity contribution is 0.460. The highest BCUT2D eigenvalue weighted by Gasteiger charge is 2.13. The van der Waals surface area contributed by atoms with Gasteiger partial charge >= 0.3 is 0 Å². The molecule has 0 aliphatic carbocycles. The van der Waals surface area contributed by atoms with Gasteiger partial charge in [-0.3, -0.25) is 0 Å². The summed E-state index contributed by atoms with van der Waals surface area (Å²) in [5.41, 5.74) is 8.05. The largest absolute Gasteiger partial charge is 0.439 e. The smallest absolute Gasteiger partial charge is 0.219 e. The van der Waals surface area contributed by atoms with Crippen LogP contribution in [0, 0.1) is 0 Å². The van der Waals surface area contributed by atoms with Crippen LogP contribution in [0.25, 0.3) is 0 Å². The molecule has 0 radical (unpaired) electrons. The van der Waals surface area contributed by atoms with Crippen LogP contribution >= 0.6 is 0 Å². The first-order valence-corrected chi connectivity index (χ1v) is 6.92. The van der Waals surface area contributed by atoms with Crippen molar-refractivity contribution in [2.24, 2.45) is 5.73 Å². The Morgan fingerprint density at radius 1 is 1.05 bits per heavy atom. The summed E-state index contributed by atoms with van der Waals surface area (Å²) >= 11 is 0. The van der Waals surface area contributed by atoms with Crippen molar-refractivity contribution in [3.63, 3.8) is 0 Å². The standard InChI is InChI=1S/C17H22N2O/c1-17(2,3)14-6-9-16(19-12-14)20-15-7-4-13(5-8-15)10-11-18/h4-9,12H,10-11,18H2,1-3H3. The first kappa shape index (κ1) is 14.5. The highest BCUT2D eigenvalue weighted by atomic mass is 16.5. The molecule has 2 rings (SSSR count). The molecular weight excluding hydrogens is 248 g/mol. The predicted octanol–water partition coefficient (Wildman–Crippen LogP) is 3.67. The van der Waals surface area contributed by atoms with Gasteiger partial charge in [-0.05, 0) is 41.6 Å². The topological polar surface area (TPSA) is 48.1 Å². The van der Waals surface area contributed by atoms with Gasteiger partial charge in [0.2, 0.25) is 5.88 Å². The number of aromatic nitrogens is 1. The fourth-order valence-electron chi connectivity index (χ4n) is 1.90. The van der Waals surface area contributed by atoms with E-state index in [0.717, 1.165) is 12.2 Å². The minimum absolute atomic E-state index is 0.107. The Balaban J connectivity index is 2.06. The molecule has 3 nitrogen and oxygen atoms in total. The maximum Gasteiger partial charge on any atom is 0.219 e. The Hall–Kier alpha value is -1.87. The molecule has 0 saturated heterocycles. The molecule has 0 aliphatic heterocycles. The van der Waals surface area contributed by atoms with E-state index in [-0.39, 0.29) is 5.41 Å². The molecule has 2 N–H and O–H groups in total. The van der Waals surface area contributed by atoms with E-state index in [0.29, 0.717) is 12.4 Å². The van der Waals surface area contributed by atoms with Crippen LogP contribution in [-0.4, -0.2) is 11.5 Å². The Morgan fingerprint density at radius 2 is 1.75 bits per heavy atom. The summed E-state index contributed by atoms with van der Waals surface area (Å²) in [5.74, 6) is 1.41. The zero-order chi connectivity index (χ0) is 14.6. The van der Waals surface area contributed by atoms with Crippen molar-refractivity contribution >= 4 is 0 Å². The van der Waals surface area contributed by atoms with Crippen LogP contribution in [0.4, 0.5) is 0 Å². The number of hydrogen-bond acceptors (Lipinski definition) is 3. The Bertz CT molecular complexity index is 539. The molecule has 2 aromatic rings. The van der Waals surface area contributed by atoms with Crippen molar-refractivity contribution in [2.45, 2.75) is 32.6 Å². The van der Waals surface area contributed by atoms with Crippen molar-refractivity contribution in [3.05, 3.63) is 53.7 Å². The summed E-state index contributed by atoms with van der Waals surface area (Å²) < 4.78 is 5.74. The summed E-state index contributed by atoms with van der Waals surface area (Å²) in [5, 5.41) is 0. The number of ether oxygens (including phenoxy) is 1. The summed E-state index contributed by atoms with van der Waals surface area (Å²) in [6, 6.07) is 11.9. The fourth-order valence-corrected chi connectivity index (χ4v) is 1.90. The number of nitrogens with two attached hydrogens (primary N) is 1. The highest BCUT2D eigenvalue weighted by molar-refractivity contribution is 5.32. The number of benzene rings is 1. The lowest BCUT2D eigenvalue weighted by Gasteiger charge is -2.18. The first-order valence-electron chi connectivity index (χ1n) is 6.92. The maximum absolute atomic E-state index is 5.74. The quantitative estimate of drug-likeness (QED) is 0.922. The molecule has 0 bridgehead atoms. The molecule has 1 aromatic heterocycles. The molecule has 3 heteroatoms. The molecule has 0 spiro atoms. The van der Waals surface area contributed by atoms with Crippen LogP contribution < -0.4 is 10.5 Å². The SMILES string of the molecule is CC(C)(C)c1ccc(Oc2ccc(CCN)cc2)nc1. The minimum atomic E-state index is 0.107. The van der Waals surface area contributed by atoms with Gasteiger partial charge in [0.25, 0.3) is 0 Å². The fraction of sp³-hybridized carbons (Fsp3) is 0.353. The third-order valence-corrected chi connectivity index (χ3v) is 3.18. The molecule has 1 heterocycles. The lowest BCUT2D eigenvalue weighted by Crippen LogP contribution is -2.11. The van der Waals surface area contributed by atoms with Gasteiger partial charge in [-0.2, -0.15) is 0 Å². The summed E-state index contributed by atoms with van der Waals surface area (Å²) in [6.07, 6.45) is 2.76. The van der Waals surface area contributed by atoms with Crippen LogP contribution in [0.1, 0.15) is 31.9 Å². The number of hydrogen-bond donors (Lipinski definition) is 1. The zero-order valence-electron chi connectivity index (χ0n) is 12.4. The highest BCUT2D eigenvalue weighted by Crippen LogP contribution is 2.25. The van der Waals surface area contributed by atoms with Crippen molar-refractivity contribution < 1.29 is 4.74 Å². The van der Waals surface area contributed by atoms with Gasteiger partial charge in [0, 0.05) is 12.3 Å². The van der Waals surface area contributed by atoms with E-state index in [4.69, 9.17) is 10.5 Å². The van der Waals surface area contributed by atoms with Gasteiger partial charge in [0.15, 0.2) is 0 Å². The third-order valence-electron chi connectivity index (χ3n) is 3.18. The van der Waals surface area contributed by atoms with Crippen molar-refractivity contribution in [1.29, 1.82) is 0 Å². The van der Waals surface area contributed by atoms with Crippen LogP contribution in [0.3, 0.4) is 0 Å².